The molecule has 0 aromatic heterocycles. The first kappa shape index (κ1) is 19.1. The Morgan fingerprint density at radius 2 is 1.00 bits per heavy atom. The van der Waals surface area contributed by atoms with Gasteiger partial charge < -0.3 is 0 Å². The van der Waals surface area contributed by atoms with Crippen LogP contribution in [-0.4, -0.2) is 0 Å². The van der Waals surface area contributed by atoms with Crippen molar-refractivity contribution < 1.29 is 4.39 Å². The lowest BCUT2D eigenvalue weighted by molar-refractivity contribution is 0.632. The first-order valence-corrected chi connectivity index (χ1v) is 10.1. The van der Waals surface area contributed by atoms with Gasteiger partial charge in [-0.1, -0.05) is 104 Å². The summed E-state index contributed by atoms with van der Waals surface area (Å²) in [7, 11) is 0. The van der Waals surface area contributed by atoms with Crippen molar-refractivity contribution in [3.63, 3.8) is 0 Å². The first-order chi connectivity index (χ1) is 14.0. The number of hydrogen-bond acceptors (Lipinski definition) is 0. The molecule has 0 unspecified atom stereocenters. The van der Waals surface area contributed by atoms with Gasteiger partial charge in [0.25, 0.3) is 0 Å². The summed E-state index contributed by atoms with van der Waals surface area (Å²) < 4.78 is 14.9. The number of halogens is 1. The second kappa shape index (κ2) is 8.05. The smallest absolute Gasteiger partial charge is 0.131 e. The van der Waals surface area contributed by atoms with Crippen molar-refractivity contribution in [2.45, 2.75) is 26.7 Å². The third-order valence-electron chi connectivity index (χ3n) is 5.46. The Kier molecular flexibility index (Phi) is 5.31. The maximum absolute atomic E-state index is 14.9. The van der Waals surface area contributed by atoms with Gasteiger partial charge in [0.1, 0.15) is 5.82 Å². The summed E-state index contributed by atoms with van der Waals surface area (Å²) in [4.78, 5) is 0. The molecule has 0 aliphatic heterocycles. The van der Waals surface area contributed by atoms with Crippen LogP contribution in [-0.2, 0) is 0 Å². The van der Waals surface area contributed by atoms with Gasteiger partial charge in [-0.15, -0.1) is 0 Å². The van der Waals surface area contributed by atoms with E-state index in [0.717, 1.165) is 22.3 Å². The number of hydrogen-bond donors (Lipinski definition) is 0. The van der Waals surface area contributed by atoms with Gasteiger partial charge in [0.2, 0.25) is 0 Å². The van der Waals surface area contributed by atoms with E-state index in [2.05, 4.69) is 81.4 Å². The lowest BCUT2D eigenvalue weighted by Crippen LogP contribution is -1.89. The van der Waals surface area contributed by atoms with Crippen LogP contribution in [0.1, 0.15) is 30.9 Å². The summed E-state index contributed by atoms with van der Waals surface area (Å²) in [5.74, 6) is 0.296. The Morgan fingerprint density at radius 1 is 0.552 bits per heavy atom. The van der Waals surface area contributed by atoms with Crippen molar-refractivity contribution in [1.82, 2.24) is 0 Å². The molecular weight excluding hydrogens is 355 g/mol. The molecule has 4 rings (SSSR count). The molecule has 4 aromatic rings. The summed E-state index contributed by atoms with van der Waals surface area (Å²) in [6.45, 7) is 6.43. The van der Waals surface area contributed by atoms with E-state index < -0.39 is 0 Å². The SMILES string of the molecule is Cc1ccc(-c2ccc(-c3ccc(-c4ccc(C(C)C)cc4)cc3F)cc2)cc1. The summed E-state index contributed by atoms with van der Waals surface area (Å²) in [6.07, 6.45) is 0. The Labute approximate surface area is 172 Å². The maximum Gasteiger partial charge on any atom is 0.131 e. The molecule has 0 amide bonds. The molecule has 0 atom stereocenters. The predicted molar refractivity (Wildman–Crippen MR) is 122 cm³/mol. The zero-order valence-corrected chi connectivity index (χ0v) is 17.1. The molecule has 0 N–H and O–H groups in total. The van der Waals surface area contributed by atoms with Gasteiger partial charge in [0.15, 0.2) is 0 Å². The molecular formula is C28H25F. The second-order valence-corrected chi connectivity index (χ2v) is 7.91. The Morgan fingerprint density at radius 3 is 1.55 bits per heavy atom. The van der Waals surface area contributed by atoms with Crippen molar-refractivity contribution >= 4 is 0 Å². The van der Waals surface area contributed by atoms with E-state index in [-0.39, 0.29) is 5.82 Å². The highest BCUT2D eigenvalue weighted by Crippen LogP contribution is 2.30. The molecule has 4 aromatic carbocycles. The molecule has 0 aliphatic rings. The van der Waals surface area contributed by atoms with Crippen LogP contribution in [0.25, 0.3) is 33.4 Å². The van der Waals surface area contributed by atoms with E-state index in [9.17, 15) is 4.39 Å². The van der Waals surface area contributed by atoms with Crippen molar-refractivity contribution in [2.75, 3.05) is 0 Å². The van der Waals surface area contributed by atoms with Crippen LogP contribution in [0.3, 0.4) is 0 Å². The summed E-state index contributed by atoms with van der Waals surface area (Å²) >= 11 is 0. The topological polar surface area (TPSA) is 0 Å². The van der Waals surface area contributed by atoms with E-state index in [4.69, 9.17) is 0 Å². The molecule has 0 radical (unpaired) electrons. The van der Waals surface area contributed by atoms with Gasteiger partial charge in [-0.05, 0) is 52.3 Å². The van der Waals surface area contributed by atoms with E-state index in [1.165, 1.54) is 16.7 Å². The standard InChI is InChI=1S/C28H25F/c1-19(2)21-8-10-24(11-9-21)26-16-17-27(28(29)18-26)25-14-12-23(13-15-25)22-6-4-20(3)5-7-22/h4-19H,1-3H3. The molecule has 0 heterocycles. The molecule has 0 aliphatic carbocycles. The third-order valence-corrected chi connectivity index (χ3v) is 5.46. The average Bonchev–Trinajstić information content (AvgIpc) is 2.74. The van der Waals surface area contributed by atoms with Crippen LogP contribution < -0.4 is 0 Å². The maximum atomic E-state index is 14.9. The quantitative estimate of drug-likeness (QED) is 0.334. The van der Waals surface area contributed by atoms with Crippen molar-refractivity contribution in [3.05, 3.63) is 108 Å². The Bertz CT molecular complexity index is 1100. The van der Waals surface area contributed by atoms with Gasteiger partial charge in [0.05, 0.1) is 0 Å². The van der Waals surface area contributed by atoms with Gasteiger partial charge in [-0.3, -0.25) is 0 Å². The molecule has 0 bridgehead atoms. The fourth-order valence-corrected chi connectivity index (χ4v) is 3.58. The normalized spacial score (nSPS) is 11.1. The van der Waals surface area contributed by atoms with Crippen LogP contribution in [0.2, 0.25) is 0 Å². The van der Waals surface area contributed by atoms with Crippen molar-refractivity contribution in [1.29, 1.82) is 0 Å². The zero-order chi connectivity index (χ0) is 20.4. The Balaban J connectivity index is 1.60. The third kappa shape index (κ3) is 4.14. The van der Waals surface area contributed by atoms with Crippen molar-refractivity contribution in [2.24, 2.45) is 0 Å². The minimum atomic E-state index is -0.196. The van der Waals surface area contributed by atoms with Crippen molar-refractivity contribution in [3.8, 4) is 33.4 Å². The summed E-state index contributed by atoms with van der Waals surface area (Å²) in [5, 5.41) is 0. The van der Waals surface area contributed by atoms with Gasteiger partial charge in [-0.25, -0.2) is 4.39 Å². The molecule has 0 saturated carbocycles. The minimum absolute atomic E-state index is 0.196. The van der Waals surface area contributed by atoms with Crippen LogP contribution >= 0.6 is 0 Å². The molecule has 29 heavy (non-hydrogen) atoms. The molecule has 144 valence electrons. The highest BCUT2D eigenvalue weighted by molar-refractivity contribution is 5.74. The summed E-state index contributed by atoms with van der Waals surface area (Å²) in [5.41, 5.74) is 8.29. The lowest BCUT2D eigenvalue weighted by atomic mass is 9.96. The number of rotatable bonds is 4. The second-order valence-electron chi connectivity index (χ2n) is 7.91. The van der Waals surface area contributed by atoms with E-state index in [1.54, 1.807) is 6.07 Å². The minimum Gasteiger partial charge on any atom is -0.206 e. The highest BCUT2D eigenvalue weighted by Gasteiger charge is 2.09. The van der Waals surface area contributed by atoms with Crippen LogP contribution in [0.4, 0.5) is 4.39 Å². The first-order valence-electron chi connectivity index (χ1n) is 10.1. The molecule has 0 nitrogen and oxygen atoms in total. The molecule has 1 heteroatoms. The number of aryl methyl sites for hydroxylation is 1. The Hall–Kier alpha value is -3.19. The number of benzene rings is 4. The van der Waals surface area contributed by atoms with Gasteiger partial charge in [-0.2, -0.15) is 0 Å². The van der Waals surface area contributed by atoms with Crippen LogP contribution in [0.15, 0.2) is 91.0 Å². The fraction of sp³-hybridized carbons (Fsp3) is 0.143. The van der Waals surface area contributed by atoms with Gasteiger partial charge >= 0.3 is 0 Å². The van der Waals surface area contributed by atoms with Crippen LogP contribution in [0.5, 0.6) is 0 Å². The predicted octanol–water partition coefficient (Wildman–Crippen LogP) is 8.26. The molecule has 0 saturated heterocycles. The average molecular weight is 381 g/mol. The monoisotopic (exact) mass is 380 g/mol. The van der Waals surface area contributed by atoms with E-state index in [0.29, 0.717) is 11.5 Å². The fourth-order valence-electron chi connectivity index (χ4n) is 3.58. The summed E-state index contributed by atoms with van der Waals surface area (Å²) in [6, 6.07) is 30.4. The largest absolute Gasteiger partial charge is 0.206 e. The zero-order valence-electron chi connectivity index (χ0n) is 17.1. The molecule has 0 fully saturated rings. The molecule has 0 spiro atoms. The van der Waals surface area contributed by atoms with Crippen LogP contribution in [0, 0.1) is 12.7 Å². The highest BCUT2D eigenvalue weighted by atomic mass is 19.1. The lowest BCUT2D eigenvalue weighted by Gasteiger charge is -2.10. The van der Waals surface area contributed by atoms with Gasteiger partial charge in [0, 0.05) is 5.56 Å². The van der Waals surface area contributed by atoms with E-state index >= 15 is 0 Å². The van der Waals surface area contributed by atoms with E-state index in [1.807, 2.05) is 24.3 Å².